The first kappa shape index (κ1) is 37.8. The molecule has 1 aliphatic heterocycles. The van der Waals surface area contributed by atoms with Gasteiger partial charge >= 0.3 is 0 Å². The Labute approximate surface area is 323 Å². The minimum absolute atomic E-state index is 0.0840. The van der Waals surface area contributed by atoms with Gasteiger partial charge in [-0.15, -0.1) is 0 Å². The van der Waals surface area contributed by atoms with Crippen molar-refractivity contribution in [2.24, 2.45) is 4.99 Å². The molecule has 0 radical (unpaired) electrons. The van der Waals surface area contributed by atoms with Crippen LogP contribution in [0.3, 0.4) is 0 Å². The summed E-state index contributed by atoms with van der Waals surface area (Å²) in [5, 5.41) is 3.78. The predicted molar refractivity (Wildman–Crippen MR) is 213 cm³/mol. The highest BCUT2D eigenvalue weighted by atomic mass is 79.9. The molecule has 0 bridgehead atoms. The van der Waals surface area contributed by atoms with E-state index in [0.29, 0.717) is 31.0 Å². The number of nitrogens with zero attached hydrogens (tertiary/aromatic N) is 2. The molecule has 51 heavy (non-hydrogen) atoms. The van der Waals surface area contributed by atoms with Crippen molar-refractivity contribution in [1.29, 1.82) is 0 Å². The summed E-state index contributed by atoms with van der Waals surface area (Å²) < 4.78 is 7.23. The summed E-state index contributed by atoms with van der Waals surface area (Å²) in [5.74, 6) is -1.17. The Kier molecular flexibility index (Phi) is 13.4. The summed E-state index contributed by atoms with van der Waals surface area (Å²) in [6, 6.07) is 29.8. The molecule has 5 rings (SSSR count). The first-order valence-electron chi connectivity index (χ1n) is 15.7. The molecule has 4 aromatic carbocycles. The number of hydrogen-bond acceptors (Lipinski definition) is 5. The van der Waals surface area contributed by atoms with Gasteiger partial charge < -0.3 is 10.1 Å². The van der Waals surface area contributed by atoms with Crippen molar-refractivity contribution in [3.05, 3.63) is 175 Å². The van der Waals surface area contributed by atoms with Gasteiger partial charge in [-0.2, -0.15) is 4.99 Å². The molecule has 1 aliphatic rings. The van der Waals surface area contributed by atoms with Crippen molar-refractivity contribution in [2.75, 3.05) is 5.75 Å². The van der Waals surface area contributed by atoms with Crippen LogP contribution < -0.4 is 10.1 Å². The van der Waals surface area contributed by atoms with Gasteiger partial charge in [0.05, 0.1) is 20.7 Å². The molecule has 0 spiro atoms. The molecule has 0 fully saturated rings. The fourth-order valence-corrected chi connectivity index (χ4v) is 7.58. The lowest BCUT2D eigenvalue weighted by Crippen LogP contribution is -2.42. The van der Waals surface area contributed by atoms with Crippen molar-refractivity contribution in [3.8, 4) is 5.75 Å². The van der Waals surface area contributed by atoms with Crippen molar-refractivity contribution in [1.82, 2.24) is 10.2 Å². The van der Waals surface area contributed by atoms with E-state index in [1.165, 1.54) is 11.0 Å². The van der Waals surface area contributed by atoms with E-state index in [2.05, 4.69) is 48.7 Å². The van der Waals surface area contributed by atoms with Crippen LogP contribution in [0.4, 0.5) is 0 Å². The minimum atomic E-state index is -0.722. The Morgan fingerprint density at radius 1 is 0.980 bits per heavy atom. The summed E-state index contributed by atoms with van der Waals surface area (Å²) in [6.45, 7) is 5.74. The van der Waals surface area contributed by atoms with Crippen LogP contribution in [0.25, 0.3) is 6.08 Å². The number of aliphatic imine (C=N–C) groups is 1. The first-order chi connectivity index (χ1) is 24.7. The van der Waals surface area contributed by atoms with E-state index in [-0.39, 0.29) is 29.0 Å². The maximum Gasteiger partial charge on any atom is 0.285 e. The van der Waals surface area contributed by atoms with Crippen LogP contribution in [0.2, 0.25) is 5.02 Å². The molecule has 3 amide bonds. The van der Waals surface area contributed by atoms with Crippen LogP contribution in [0, 0.1) is 0 Å². The van der Waals surface area contributed by atoms with E-state index in [1.807, 2.05) is 78.9 Å². The molecule has 1 heterocycles. The van der Waals surface area contributed by atoms with Crippen molar-refractivity contribution < 1.29 is 19.1 Å². The second-order valence-electron chi connectivity index (χ2n) is 11.0. The van der Waals surface area contributed by atoms with Gasteiger partial charge in [0.25, 0.3) is 11.8 Å². The zero-order chi connectivity index (χ0) is 36.3. The van der Waals surface area contributed by atoms with E-state index in [0.717, 1.165) is 28.5 Å². The monoisotopic (exact) mass is 843 g/mol. The quantitative estimate of drug-likeness (QED) is 0.0872. The molecular weight excluding hydrogens is 814 g/mol. The molecule has 4 aromatic rings. The Morgan fingerprint density at radius 3 is 2.18 bits per heavy atom. The van der Waals surface area contributed by atoms with Crippen LogP contribution in [-0.2, 0) is 21.0 Å². The topological polar surface area (TPSA) is 88.1 Å². The number of rotatable bonds is 12. The molecule has 7 nitrogen and oxygen atoms in total. The smallest absolute Gasteiger partial charge is 0.285 e. The van der Waals surface area contributed by atoms with E-state index in [9.17, 15) is 14.4 Å². The van der Waals surface area contributed by atoms with E-state index < -0.39 is 17.9 Å². The first-order valence-corrected chi connectivity index (χ1v) is 18.7. The van der Waals surface area contributed by atoms with E-state index >= 15 is 0 Å². The molecule has 1 N–H and O–H groups in total. The summed E-state index contributed by atoms with van der Waals surface area (Å²) in [5.41, 5.74) is 3.53. The molecular formula is C40H32Br2ClN3O4S. The number of amidine groups is 1. The van der Waals surface area contributed by atoms with Crippen LogP contribution in [0.5, 0.6) is 5.75 Å². The third kappa shape index (κ3) is 9.65. The summed E-state index contributed by atoms with van der Waals surface area (Å²) in [6.07, 6.45) is 8.15. The van der Waals surface area contributed by atoms with Crippen LogP contribution in [-0.4, -0.2) is 33.5 Å². The fourth-order valence-electron chi connectivity index (χ4n) is 5.13. The average molecular weight is 846 g/mol. The van der Waals surface area contributed by atoms with Gasteiger partial charge in [-0.05, 0) is 85.8 Å². The Hall–Kier alpha value is -4.48. The van der Waals surface area contributed by atoms with Gasteiger partial charge in [-0.1, -0.05) is 127 Å². The molecule has 0 atom stereocenters. The van der Waals surface area contributed by atoms with Crippen LogP contribution in [0.1, 0.15) is 35.2 Å². The number of amides is 3. The molecule has 0 aliphatic carbocycles. The van der Waals surface area contributed by atoms with Crippen LogP contribution >= 0.6 is 55.2 Å². The standard InChI is InChI=1S/C40H32Br2ClN3O4S/c1-3-5-19-30(4-2)46-39(49)31(21-26-22-32(41)37(33(42)23-26)50-24-29-18-12-13-20-34(29)43)38(48)45-40(46)51-25-35(47)44-36(27-14-8-6-9-15-27)28-16-10-7-11-17-28/h3-23,36H,1,24-25H2,2H3,(H,44,47)/b19-5-,30-4+,31-21+. The Bertz CT molecular complexity index is 2000. The lowest BCUT2D eigenvalue weighted by atomic mass is 9.99. The molecule has 258 valence electrons. The number of allylic oxidation sites excluding steroid dienone is 4. The third-order valence-electron chi connectivity index (χ3n) is 7.57. The molecule has 0 saturated heterocycles. The number of hydrogen-bond donors (Lipinski definition) is 1. The number of benzene rings is 4. The fraction of sp³-hybridized carbons (Fsp3) is 0.100. The molecule has 11 heteroatoms. The number of nitrogens with one attached hydrogen (secondary N) is 1. The maximum absolute atomic E-state index is 14.1. The lowest BCUT2D eigenvalue weighted by Gasteiger charge is -2.28. The Morgan fingerprint density at radius 2 is 1.59 bits per heavy atom. The summed E-state index contributed by atoms with van der Waals surface area (Å²) >= 11 is 14.4. The summed E-state index contributed by atoms with van der Waals surface area (Å²) in [7, 11) is 0. The Balaban J connectivity index is 1.39. The largest absolute Gasteiger partial charge is 0.486 e. The predicted octanol–water partition coefficient (Wildman–Crippen LogP) is 9.84. The third-order valence-corrected chi connectivity index (χ3v) is 10.1. The molecule has 0 saturated carbocycles. The van der Waals surface area contributed by atoms with E-state index in [1.54, 1.807) is 49.4 Å². The van der Waals surface area contributed by atoms with Gasteiger partial charge in [-0.3, -0.25) is 19.3 Å². The van der Waals surface area contributed by atoms with Crippen molar-refractivity contribution in [2.45, 2.75) is 19.6 Å². The van der Waals surface area contributed by atoms with E-state index in [4.69, 9.17) is 16.3 Å². The van der Waals surface area contributed by atoms with Gasteiger partial charge in [0.2, 0.25) is 5.91 Å². The number of carbonyl (C=O) groups excluding carboxylic acids is 3. The zero-order valence-corrected chi connectivity index (χ0v) is 32.1. The maximum atomic E-state index is 14.1. The van der Waals surface area contributed by atoms with Gasteiger partial charge in [0.1, 0.15) is 17.9 Å². The average Bonchev–Trinajstić information content (AvgIpc) is 3.13. The highest BCUT2D eigenvalue weighted by Gasteiger charge is 2.35. The normalized spacial score (nSPS) is 14.3. The number of ether oxygens (including phenoxy) is 1. The number of carbonyl (C=O) groups is 3. The second kappa shape index (κ2) is 18.1. The van der Waals surface area contributed by atoms with Crippen molar-refractivity contribution in [3.63, 3.8) is 0 Å². The van der Waals surface area contributed by atoms with Gasteiger partial charge in [0.15, 0.2) is 5.17 Å². The highest BCUT2D eigenvalue weighted by molar-refractivity contribution is 9.11. The second-order valence-corrected chi connectivity index (χ2v) is 14.1. The van der Waals surface area contributed by atoms with Gasteiger partial charge in [0, 0.05) is 16.3 Å². The van der Waals surface area contributed by atoms with Crippen molar-refractivity contribution >= 4 is 84.2 Å². The van der Waals surface area contributed by atoms with Gasteiger partial charge in [-0.25, -0.2) is 0 Å². The highest BCUT2D eigenvalue weighted by Crippen LogP contribution is 2.37. The molecule has 0 unspecified atom stereocenters. The number of thioether (sulfide) groups is 1. The zero-order valence-electron chi connectivity index (χ0n) is 27.4. The van der Waals surface area contributed by atoms with Crippen LogP contribution in [0.15, 0.2) is 153 Å². The number of halogens is 3. The minimum Gasteiger partial charge on any atom is -0.486 e. The SMILES string of the molecule is C=C/C=C\C(=C/C)N1C(=O)/C(=C/c2cc(Br)c(OCc3ccccc3Cl)c(Br)c2)C(=O)N=C1SCC(=O)NC(c1ccccc1)c1ccccc1. The molecule has 0 aromatic heterocycles. The summed E-state index contributed by atoms with van der Waals surface area (Å²) in [4.78, 5) is 46.6. The lowest BCUT2D eigenvalue weighted by molar-refractivity contribution is -0.126.